The maximum absolute atomic E-state index is 13.1. The van der Waals surface area contributed by atoms with E-state index in [-0.39, 0.29) is 18.0 Å². The lowest BCUT2D eigenvalue weighted by atomic mass is 10.0. The van der Waals surface area contributed by atoms with E-state index in [2.05, 4.69) is 29.7 Å². The number of anilines is 1. The minimum absolute atomic E-state index is 0.0658. The molecule has 0 saturated heterocycles. The summed E-state index contributed by atoms with van der Waals surface area (Å²) in [5.41, 5.74) is 3.84. The predicted molar refractivity (Wildman–Crippen MR) is 111 cm³/mol. The van der Waals surface area contributed by atoms with Crippen molar-refractivity contribution in [3.05, 3.63) is 101 Å². The van der Waals surface area contributed by atoms with Gasteiger partial charge in [-0.2, -0.15) is 0 Å². The molecule has 3 aromatic rings. The number of benzene rings is 3. The molecule has 0 aromatic heterocycles. The molecule has 138 valence electrons. The van der Waals surface area contributed by atoms with Gasteiger partial charge in [0.05, 0.1) is 0 Å². The average Bonchev–Trinajstić information content (AvgIpc) is 2.70. The first-order valence-corrected chi connectivity index (χ1v) is 9.44. The SMILES string of the molecule is Cc1ccc(NC(=O)[C@@H]([NH2+][C@H](C)c2ccccc2)c2ccccc2)cc1Cl. The number of quaternary nitrogens is 1. The van der Waals surface area contributed by atoms with Crippen molar-refractivity contribution in [1.29, 1.82) is 0 Å². The van der Waals surface area contributed by atoms with E-state index >= 15 is 0 Å². The van der Waals surface area contributed by atoms with Crippen LogP contribution in [-0.2, 0) is 4.79 Å². The number of nitrogens with two attached hydrogens (primary N) is 1. The molecule has 27 heavy (non-hydrogen) atoms. The smallest absolute Gasteiger partial charge is 0.287 e. The molecule has 3 rings (SSSR count). The monoisotopic (exact) mass is 379 g/mol. The first-order valence-electron chi connectivity index (χ1n) is 9.06. The Morgan fingerprint density at radius 2 is 1.52 bits per heavy atom. The molecule has 0 bridgehead atoms. The molecule has 0 saturated carbocycles. The van der Waals surface area contributed by atoms with E-state index in [1.165, 1.54) is 5.56 Å². The zero-order chi connectivity index (χ0) is 19.2. The number of carbonyl (C=O) groups is 1. The standard InChI is InChI=1S/C23H23ClN2O/c1-16-13-14-20(15-21(16)24)26-23(27)22(19-11-7-4-8-12-19)25-17(2)18-9-5-3-6-10-18/h3-15,17,22,25H,1-2H3,(H,26,27)/p+1/t17-,22+/m1/s1. The molecular formula is C23H24ClN2O+. The van der Waals surface area contributed by atoms with Gasteiger partial charge in [-0.3, -0.25) is 4.79 Å². The lowest BCUT2D eigenvalue weighted by Crippen LogP contribution is -2.87. The molecule has 3 aromatic carbocycles. The van der Waals surface area contributed by atoms with Gasteiger partial charge in [0.2, 0.25) is 0 Å². The number of carbonyl (C=O) groups excluding carboxylic acids is 1. The minimum atomic E-state index is -0.360. The lowest BCUT2D eigenvalue weighted by molar-refractivity contribution is -0.718. The van der Waals surface area contributed by atoms with Crippen LogP contribution in [0.3, 0.4) is 0 Å². The van der Waals surface area contributed by atoms with Crippen LogP contribution in [0.4, 0.5) is 5.69 Å². The van der Waals surface area contributed by atoms with Crippen molar-refractivity contribution < 1.29 is 10.1 Å². The molecule has 3 nitrogen and oxygen atoms in total. The molecule has 0 spiro atoms. The quantitative estimate of drug-likeness (QED) is 0.643. The molecule has 0 fully saturated rings. The molecule has 0 aliphatic heterocycles. The fraction of sp³-hybridized carbons (Fsp3) is 0.174. The second-order valence-corrected chi connectivity index (χ2v) is 7.14. The Morgan fingerprint density at radius 1 is 0.926 bits per heavy atom. The summed E-state index contributed by atoms with van der Waals surface area (Å²) in [5, 5.41) is 5.75. The third-order valence-electron chi connectivity index (χ3n) is 4.69. The Balaban J connectivity index is 1.83. The average molecular weight is 380 g/mol. The zero-order valence-electron chi connectivity index (χ0n) is 15.5. The second-order valence-electron chi connectivity index (χ2n) is 6.73. The van der Waals surface area contributed by atoms with Gasteiger partial charge >= 0.3 is 0 Å². The highest BCUT2D eigenvalue weighted by Gasteiger charge is 2.27. The van der Waals surface area contributed by atoms with Gasteiger partial charge in [0, 0.05) is 21.8 Å². The fourth-order valence-corrected chi connectivity index (χ4v) is 3.24. The van der Waals surface area contributed by atoms with Gasteiger partial charge in [-0.1, -0.05) is 78.3 Å². The van der Waals surface area contributed by atoms with E-state index in [4.69, 9.17) is 11.6 Å². The van der Waals surface area contributed by atoms with Crippen LogP contribution in [0, 0.1) is 6.92 Å². The summed E-state index contributed by atoms with van der Waals surface area (Å²) < 4.78 is 0. The summed E-state index contributed by atoms with van der Waals surface area (Å²) in [5.74, 6) is -0.0658. The maximum Gasteiger partial charge on any atom is 0.287 e. The molecule has 2 atom stereocenters. The number of rotatable bonds is 6. The molecule has 0 unspecified atom stereocenters. The van der Waals surface area contributed by atoms with Gasteiger partial charge < -0.3 is 10.6 Å². The second kappa shape index (κ2) is 8.85. The van der Waals surface area contributed by atoms with Gasteiger partial charge in [-0.15, -0.1) is 0 Å². The Bertz CT molecular complexity index is 897. The molecule has 0 aliphatic carbocycles. The third-order valence-corrected chi connectivity index (χ3v) is 5.09. The van der Waals surface area contributed by atoms with Crippen LogP contribution in [0.2, 0.25) is 5.02 Å². The summed E-state index contributed by atoms with van der Waals surface area (Å²) in [4.78, 5) is 13.1. The van der Waals surface area contributed by atoms with Gasteiger partial charge in [0.25, 0.3) is 5.91 Å². The van der Waals surface area contributed by atoms with Crippen LogP contribution < -0.4 is 10.6 Å². The molecule has 0 heterocycles. The lowest BCUT2D eigenvalue weighted by Gasteiger charge is -2.20. The van der Waals surface area contributed by atoms with Crippen molar-refractivity contribution in [2.45, 2.75) is 25.9 Å². The molecule has 0 aliphatic rings. The van der Waals surface area contributed by atoms with Gasteiger partial charge in [-0.05, 0) is 31.5 Å². The summed E-state index contributed by atoms with van der Waals surface area (Å²) in [7, 11) is 0. The predicted octanol–water partition coefficient (Wildman–Crippen LogP) is 4.65. The number of aryl methyl sites for hydroxylation is 1. The zero-order valence-corrected chi connectivity index (χ0v) is 16.3. The highest BCUT2D eigenvalue weighted by molar-refractivity contribution is 6.31. The van der Waals surface area contributed by atoms with E-state index in [9.17, 15) is 4.79 Å². The van der Waals surface area contributed by atoms with Crippen molar-refractivity contribution in [1.82, 2.24) is 0 Å². The van der Waals surface area contributed by atoms with Crippen LogP contribution >= 0.6 is 11.6 Å². The van der Waals surface area contributed by atoms with E-state index in [0.717, 1.165) is 11.1 Å². The van der Waals surface area contributed by atoms with Gasteiger partial charge in [-0.25, -0.2) is 0 Å². The largest absolute Gasteiger partial charge is 0.326 e. The molecule has 1 amide bonds. The van der Waals surface area contributed by atoms with Crippen molar-refractivity contribution >= 4 is 23.2 Å². The first-order chi connectivity index (χ1) is 13.0. The van der Waals surface area contributed by atoms with Crippen LogP contribution in [0.25, 0.3) is 0 Å². The van der Waals surface area contributed by atoms with Crippen LogP contribution in [0.15, 0.2) is 78.9 Å². The van der Waals surface area contributed by atoms with Crippen molar-refractivity contribution in [3.8, 4) is 0 Å². The fourth-order valence-electron chi connectivity index (χ4n) is 3.06. The topological polar surface area (TPSA) is 45.7 Å². The van der Waals surface area contributed by atoms with Crippen LogP contribution in [0.1, 0.15) is 35.7 Å². The van der Waals surface area contributed by atoms with Gasteiger partial charge in [0.1, 0.15) is 6.04 Å². The molecule has 4 heteroatoms. The molecular weight excluding hydrogens is 356 g/mol. The third kappa shape index (κ3) is 4.97. The van der Waals surface area contributed by atoms with Crippen molar-refractivity contribution in [2.75, 3.05) is 5.32 Å². The highest BCUT2D eigenvalue weighted by Crippen LogP contribution is 2.21. The number of hydrogen-bond acceptors (Lipinski definition) is 1. The summed E-state index contributed by atoms with van der Waals surface area (Å²) in [6, 6.07) is 25.4. The van der Waals surface area contributed by atoms with Crippen molar-refractivity contribution in [3.63, 3.8) is 0 Å². The summed E-state index contributed by atoms with van der Waals surface area (Å²) in [6.07, 6.45) is 0. The van der Waals surface area contributed by atoms with E-state index in [1.807, 2.05) is 67.6 Å². The van der Waals surface area contributed by atoms with Crippen LogP contribution in [0.5, 0.6) is 0 Å². The summed E-state index contributed by atoms with van der Waals surface area (Å²) in [6.45, 7) is 4.05. The Hall–Kier alpha value is -2.62. The number of halogens is 1. The minimum Gasteiger partial charge on any atom is -0.326 e. The number of nitrogens with one attached hydrogen (secondary N) is 1. The number of amides is 1. The van der Waals surface area contributed by atoms with Crippen LogP contribution in [-0.4, -0.2) is 5.91 Å². The Kier molecular flexibility index (Phi) is 6.28. The van der Waals surface area contributed by atoms with Crippen molar-refractivity contribution in [2.24, 2.45) is 0 Å². The summed E-state index contributed by atoms with van der Waals surface area (Å²) >= 11 is 6.20. The molecule has 0 radical (unpaired) electrons. The Morgan fingerprint density at radius 3 is 2.11 bits per heavy atom. The molecule has 3 N–H and O–H groups in total. The highest BCUT2D eigenvalue weighted by atomic mass is 35.5. The Labute approximate surface area is 165 Å². The van der Waals surface area contributed by atoms with E-state index in [0.29, 0.717) is 10.7 Å². The number of hydrogen-bond donors (Lipinski definition) is 2. The first kappa shape index (κ1) is 19.2. The van der Waals surface area contributed by atoms with E-state index < -0.39 is 0 Å². The van der Waals surface area contributed by atoms with E-state index in [1.54, 1.807) is 6.07 Å². The normalized spacial score (nSPS) is 13.0. The van der Waals surface area contributed by atoms with Gasteiger partial charge in [0.15, 0.2) is 6.04 Å². The maximum atomic E-state index is 13.1.